The first kappa shape index (κ1) is 18.7. The molecule has 2 saturated heterocycles. The molecule has 0 spiro atoms. The number of rotatable bonds is 5. The lowest BCUT2D eigenvalue weighted by Gasteiger charge is -2.37. The summed E-state index contributed by atoms with van der Waals surface area (Å²) in [6, 6.07) is 15.9. The van der Waals surface area contributed by atoms with Crippen molar-refractivity contribution in [3.05, 3.63) is 71.5 Å². The van der Waals surface area contributed by atoms with Crippen LogP contribution in [0.5, 0.6) is 0 Å². The quantitative estimate of drug-likeness (QED) is 0.765. The molecule has 146 valence electrons. The molecule has 5 heteroatoms. The zero-order chi connectivity index (χ0) is 19.5. The molecule has 2 heterocycles. The second-order valence-corrected chi connectivity index (χ2v) is 7.77. The second-order valence-electron chi connectivity index (χ2n) is 7.77. The van der Waals surface area contributed by atoms with Crippen LogP contribution < -0.4 is 0 Å². The van der Waals surface area contributed by atoms with Crippen LogP contribution in [0.25, 0.3) is 0 Å². The van der Waals surface area contributed by atoms with Gasteiger partial charge in [0.05, 0.1) is 0 Å². The van der Waals surface area contributed by atoms with Gasteiger partial charge in [0.1, 0.15) is 18.2 Å². The largest absolute Gasteiger partial charge is 0.445 e. The number of carbonyl (C=O) groups excluding carboxylic acids is 2. The lowest BCUT2D eigenvalue weighted by atomic mass is 9.85. The van der Waals surface area contributed by atoms with Crippen LogP contribution in [-0.4, -0.2) is 28.9 Å². The van der Waals surface area contributed by atoms with Crippen molar-refractivity contribution >= 4 is 11.9 Å². The van der Waals surface area contributed by atoms with Gasteiger partial charge >= 0.3 is 6.09 Å². The summed E-state index contributed by atoms with van der Waals surface area (Å²) in [4.78, 5) is 27.2. The van der Waals surface area contributed by atoms with Crippen LogP contribution >= 0.6 is 0 Å². The van der Waals surface area contributed by atoms with E-state index < -0.39 is 0 Å². The van der Waals surface area contributed by atoms with E-state index in [-0.39, 0.29) is 42.3 Å². The molecule has 2 atom stereocenters. The van der Waals surface area contributed by atoms with E-state index in [0.717, 1.165) is 24.0 Å². The lowest BCUT2D eigenvalue weighted by molar-refractivity contribution is -0.124. The van der Waals surface area contributed by atoms with Crippen LogP contribution in [0.3, 0.4) is 0 Å². The van der Waals surface area contributed by atoms with Gasteiger partial charge in [-0.25, -0.2) is 9.18 Å². The van der Waals surface area contributed by atoms with Crippen molar-refractivity contribution in [3.8, 4) is 0 Å². The van der Waals surface area contributed by atoms with Crippen molar-refractivity contribution < 1.29 is 18.7 Å². The number of fused-ring (bicyclic) bond motifs is 2. The van der Waals surface area contributed by atoms with Crippen molar-refractivity contribution in [2.45, 2.75) is 50.8 Å². The number of piperidine rings is 1. The number of hydrogen-bond acceptors (Lipinski definition) is 3. The van der Waals surface area contributed by atoms with Crippen molar-refractivity contribution in [3.63, 3.8) is 0 Å². The van der Waals surface area contributed by atoms with Gasteiger partial charge in [0.2, 0.25) is 0 Å². The number of ether oxygens (including phenoxy) is 1. The number of benzene rings is 2. The third kappa shape index (κ3) is 4.08. The molecular weight excluding hydrogens is 357 g/mol. The first-order valence-corrected chi connectivity index (χ1v) is 9.86. The minimum absolute atomic E-state index is 0.0410. The Morgan fingerprint density at radius 3 is 2.21 bits per heavy atom. The van der Waals surface area contributed by atoms with E-state index in [1.807, 2.05) is 35.2 Å². The molecule has 0 radical (unpaired) electrons. The molecule has 0 saturated carbocycles. The zero-order valence-corrected chi connectivity index (χ0v) is 15.7. The Bertz CT molecular complexity index is 823. The molecule has 2 unspecified atom stereocenters. The van der Waals surface area contributed by atoms with Gasteiger partial charge in [-0.1, -0.05) is 42.5 Å². The molecule has 2 bridgehead atoms. The van der Waals surface area contributed by atoms with Gasteiger partial charge in [-0.15, -0.1) is 0 Å². The monoisotopic (exact) mass is 381 g/mol. The molecule has 28 heavy (non-hydrogen) atoms. The lowest BCUT2D eigenvalue weighted by Crippen LogP contribution is -2.48. The molecule has 2 aromatic rings. The molecule has 2 aliphatic rings. The van der Waals surface area contributed by atoms with Crippen LogP contribution in [0.4, 0.5) is 9.18 Å². The predicted octanol–water partition coefficient (Wildman–Crippen LogP) is 4.52. The maximum atomic E-state index is 13.0. The molecule has 0 aliphatic carbocycles. The van der Waals surface area contributed by atoms with Crippen molar-refractivity contribution in [1.29, 1.82) is 0 Å². The Labute approximate surface area is 164 Å². The van der Waals surface area contributed by atoms with Crippen LogP contribution in [-0.2, 0) is 22.6 Å². The van der Waals surface area contributed by atoms with Gasteiger partial charge in [0.25, 0.3) is 0 Å². The number of amides is 1. The summed E-state index contributed by atoms with van der Waals surface area (Å²) in [5.41, 5.74) is 1.80. The summed E-state index contributed by atoms with van der Waals surface area (Å²) in [6.45, 7) is 0.266. The maximum Gasteiger partial charge on any atom is 0.410 e. The molecule has 2 aliphatic heterocycles. The van der Waals surface area contributed by atoms with E-state index in [0.29, 0.717) is 19.3 Å². The summed E-state index contributed by atoms with van der Waals surface area (Å²) in [7, 11) is 0. The minimum atomic E-state index is -0.295. The average Bonchev–Trinajstić information content (AvgIpc) is 2.98. The molecule has 2 aromatic carbocycles. The highest BCUT2D eigenvalue weighted by atomic mass is 19.1. The van der Waals surface area contributed by atoms with Crippen LogP contribution in [0.2, 0.25) is 0 Å². The molecular formula is C23H24FNO3. The Morgan fingerprint density at radius 2 is 1.57 bits per heavy atom. The Balaban J connectivity index is 1.34. The van der Waals surface area contributed by atoms with Crippen LogP contribution in [0.15, 0.2) is 54.6 Å². The number of Topliss-reactive ketones (excluding diaryl/α,β-unsaturated/α-hetero) is 1. The summed E-state index contributed by atoms with van der Waals surface area (Å²) < 4.78 is 18.6. The first-order valence-electron chi connectivity index (χ1n) is 9.86. The zero-order valence-electron chi connectivity index (χ0n) is 15.7. The summed E-state index contributed by atoms with van der Waals surface area (Å²) in [6.07, 6.45) is 3.27. The summed E-state index contributed by atoms with van der Waals surface area (Å²) >= 11 is 0. The minimum Gasteiger partial charge on any atom is -0.445 e. The molecule has 4 rings (SSSR count). The van der Waals surface area contributed by atoms with Gasteiger partial charge < -0.3 is 9.64 Å². The normalized spacial score (nSPS) is 23.5. The highest BCUT2D eigenvalue weighted by Gasteiger charge is 2.45. The fourth-order valence-corrected chi connectivity index (χ4v) is 4.48. The Morgan fingerprint density at radius 1 is 0.929 bits per heavy atom. The van der Waals surface area contributed by atoms with E-state index in [4.69, 9.17) is 4.74 Å². The van der Waals surface area contributed by atoms with Crippen molar-refractivity contribution in [2.75, 3.05) is 0 Å². The van der Waals surface area contributed by atoms with Gasteiger partial charge in [0, 0.05) is 24.4 Å². The molecule has 2 fully saturated rings. The molecule has 0 N–H and O–H groups in total. The highest BCUT2D eigenvalue weighted by Crippen LogP contribution is 2.39. The van der Waals surface area contributed by atoms with E-state index >= 15 is 0 Å². The number of nitrogens with zero attached hydrogens (tertiary/aromatic N) is 1. The number of ketones is 1. The smallest absolute Gasteiger partial charge is 0.410 e. The topological polar surface area (TPSA) is 46.6 Å². The van der Waals surface area contributed by atoms with Gasteiger partial charge in [0.15, 0.2) is 0 Å². The van der Waals surface area contributed by atoms with E-state index in [9.17, 15) is 14.0 Å². The fraction of sp³-hybridized carbons (Fsp3) is 0.391. The standard InChI is InChI=1S/C23H24FNO3/c24-19-8-6-16(7-9-19)12-22(26)18-13-20-10-11-21(14-18)25(20)23(27)28-15-17-4-2-1-3-5-17/h1-9,18,20-21H,10-15H2. The van der Waals surface area contributed by atoms with Crippen molar-refractivity contribution in [1.82, 2.24) is 4.90 Å². The van der Waals surface area contributed by atoms with Crippen molar-refractivity contribution in [2.24, 2.45) is 5.92 Å². The molecule has 1 amide bonds. The van der Waals surface area contributed by atoms with Gasteiger partial charge in [-0.2, -0.15) is 0 Å². The fourth-order valence-electron chi connectivity index (χ4n) is 4.48. The molecule has 0 aromatic heterocycles. The third-order valence-corrected chi connectivity index (χ3v) is 5.90. The highest BCUT2D eigenvalue weighted by molar-refractivity contribution is 5.84. The number of carbonyl (C=O) groups is 2. The van der Waals surface area contributed by atoms with Gasteiger partial charge in [-0.3, -0.25) is 4.79 Å². The summed E-state index contributed by atoms with van der Waals surface area (Å²) in [5, 5.41) is 0. The van der Waals surface area contributed by atoms with Gasteiger partial charge in [-0.05, 0) is 48.9 Å². The number of hydrogen-bond donors (Lipinski definition) is 0. The molecule has 4 nitrogen and oxygen atoms in total. The van der Waals surface area contributed by atoms with E-state index in [2.05, 4.69) is 0 Å². The predicted molar refractivity (Wildman–Crippen MR) is 103 cm³/mol. The van der Waals surface area contributed by atoms with Crippen LogP contribution in [0, 0.1) is 11.7 Å². The maximum absolute atomic E-state index is 13.0. The SMILES string of the molecule is O=C(Cc1ccc(F)cc1)C1CC2CCC(C1)N2C(=O)OCc1ccccc1. The summed E-state index contributed by atoms with van der Waals surface area (Å²) in [5.74, 6) is -0.155. The van der Waals surface area contributed by atoms with E-state index in [1.54, 1.807) is 12.1 Å². The Hall–Kier alpha value is -2.69. The average molecular weight is 381 g/mol. The van der Waals surface area contributed by atoms with Crippen LogP contribution in [0.1, 0.15) is 36.8 Å². The Kier molecular flexibility index (Phi) is 5.42. The first-order chi connectivity index (χ1) is 13.6. The second kappa shape index (κ2) is 8.13. The van der Waals surface area contributed by atoms with E-state index in [1.165, 1.54) is 12.1 Å². The third-order valence-electron chi connectivity index (χ3n) is 5.90. The number of halogens is 1.